The van der Waals surface area contributed by atoms with Crippen LogP contribution in [0.3, 0.4) is 0 Å². The topological polar surface area (TPSA) is 64.2 Å². The summed E-state index contributed by atoms with van der Waals surface area (Å²) < 4.78 is 1.75. The van der Waals surface area contributed by atoms with Gasteiger partial charge in [0.25, 0.3) is 5.91 Å². The molecule has 1 heterocycles. The Hall–Kier alpha value is -1.36. The zero-order valence-electron chi connectivity index (χ0n) is 12.1. The molecule has 1 aromatic heterocycles. The van der Waals surface area contributed by atoms with Crippen LogP contribution in [0.15, 0.2) is 6.20 Å². The molecule has 1 aliphatic carbocycles. The predicted molar refractivity (Wildman–Crippen MR) is 74.9 cm³/mol. The summed E-state index contributed by atoms with van der Waals surface area (Å²) in [4.78, 5) is 14.6. The zero-order valence-corrected chi connectivity index (χ0v) is 12.1. The molecule has 1 fully saturated rings. The van der Waals surface area contributed by atoms with E-state index in [0.717, 1.165) is 43.5 Å². The van der Waals surface area contributed by atoms with Crippen molar-refractivity contribution in [2.75, 3.05) is 6.54 Å². The molecule has 2 N–H and O–H groups in total. The Morgan fingerprint density at radius 2 is 2.11 bits per heavy atom. The largest absolute Gasteiger partial charge is 0.336 e. The van der Waals surface area contributed by atoms with E-state index >= 15 is 0 Å². The van der Waals surface area contributed by atoms with Crippen LogP contribution in [0.25, 0.3) is 0 Å². The van der Waals surface area contributed by atoms with Gasteiger partial charge in [-0.15, -0.1) is 0 Å². The van der Waals surface area contributed by atoms with E-state index in [1.54, 1.807) is 10.9 Å². The van der Waals surface area contributed by atoms with Gasteiger partial charge in [-0.3, -0.25) is 9.48 Å². The van der Waals surface area contributed by atoms with Gasteiger partial charge in [0.2, 0.25) is 0 Å². The maximum atomic E-state index is 12.6. The molecule has 19 heavy (non-hydrogen) atoms. The van der Waals surface area contributed by atoms with Crippen molar-refractivity contribution in [2.45, 2.75) is 51.6 Å². The number of aryl methyl sites for hydroxylation is 1. The second kappa shape index (κ2) is 5.74. The van der Waals surface area contributed by atoms with Gasteiger partial charge < -0.3 is 10.6 Å². The predicted octanol–water partition coefficient (Wildman–Crippen LogP) is 1.46. The summed E-state index contributed by atoms with van der Waals surface area (Å²) in [7, 11) is 1.86. The Kier molecular flexibility index (Phi) is 4.24. The van der Waals surface area contributed by atoms with Gasteiger partial charge in [0.05, 0.1) is 11.8 Å². The zero-order chi connectivity index (χ0) is 14.0. The van der Waals surface area contributed by atoms with Crippen molar-refractivity contribution in [3.05, 3.63) is 17.5 Å². The highest BCUT2D eigenvalue weighted by Crippen LogP contribution is 2.24. The molecular formula is C14H24N4O. The number of carbonyl (C=O) groups is 1. The first-order valence-corrected chi connectivity index (χ1v) is 7.09. The van der Waals surface area contributed by atoms with Crippen LogP contribution in [0.2, 0.25) is 0 Å². The standard InChI is InChI=1S/C14H24N4O/c1-4-18(12-7-5-11(15)6-8-12)14(19)13-9-16-17(3)10(13)2/h9,11-12H,4-8,15H2,1-3H3. The van der Waals surface area contributed by atoms with E-state index in [4.69, 9.17) is 5.73 Å². The van der Waals surface area contributed by atoms with Gasteiger partial charge >= 0.3 is 0 Å². The van der Waals surface area contributed by atoms with E-state index < -0.39 is 0 Å². The quantitative estimate of drug-likeness (QED) is 0.899. The fourth-order valence-corrected chi connectivity index (χ4v) is 2.84. The first-order chi connectivity index (χ1) is 9.04. The molecule has 5 heteroatoms. The van der Waals surface area contributed by atoms with Gasteiger partial charge in [-0.2, -0.15) is 5.10 Å². The molecule has 0 bridgehead atoms. The van der Waals surface area contributed by atoms with Crippen molar-refractivity contribution < 1.29 is 4.79 Å². The monoisotopic (exact) mass is 264 g/mol. The SMILES string of the molecule is CCN(C(=O)c1cnn(C)c1C)C1CCC(N)CC1. The molecule has 2 rings (SSSR count). The van der Waals surface area contributed by atoms with Crippen molar-refractivity contribution in [1.82, 2.24) is 14.7 Å². The van der Waals surface area contributed by atoms with Crippen LogP contribution in [0, 0.1) is 6.92 Å². The molecule has 5 nitrogen and oxygen atoms in total. The lowest BCUT2D eigenvalue weighted by Gasteiger charge is -2.35. The van der Waals surface area contributed by atoms with E-state index in [1.165, 1.54) is 0 Å². The van der Waals surface area contributed by atoms with Crippen molar-refractivity contribution in [2.24, 2.45) is 12.8 Å². The fraction of sp³-hybridized carbons (Fsp3) is 0.714. The minimum atomic E-state index is 0.105. The highest BCUT2D eigenvalue weighted by Gasteiger charge is 2.28. The molecule has 1 aromatic rings. The van der Waals surface area contributed by atoms with Crippen LogP contribution in [0.4, 0.5) is 0 Å². The van der Waals surface area contributed by atoms with E-state index in [2.05, 4.69) is 5.10 Å². The molecule has 0 aliphatic heterocycles. The highest BCUT2D eigenvalue weighted by molar-refractivity contribution is 5.95. The normalized spacial score (nSPS) is 23.4. The second-order valence-corrected chi connectivity index (χ2v) is 5.43. The summed E-state index contributed by atoms with van der Waals surface area (Å²) in [6.07, 6.45) is 5.73. The lowest BCUT2D eigenvalue weighted by Crippen LogP contribution is -2.44. The van der Waals surface area contributed by atoms with E-state index in [1.807, 2.05) is 25.8 Å². The van der Waals surface area contributed by atoms with Crippen LogP contribution >= 0.6 is 0 Å². The number of nitrogens with two attached hydrogens (primary N) is 1. The summed E-state index contributed by atoms with van der Waals surface area (Å²) in [6, 6.07) is 0.641. The third kappa shape index (κ3) is 2.81. The maximum Gasteiger partial charge on any atom is 0.257 e. The van der Waals surface area contributed by atoms with Crippen molar-refractivity contribution in [3.8, 4) is 0 Å². The summed E-state index contributed by atoms with van der Waals surface area (Å²) in [5, 5.41) is 4.16. The summed E-state index contributed by atoms with van der Waals surface area (Å²) in [6.45, 7) is 4.72. The van der Waals surface area contributed by atoms with Crippen LogP contribution in [0.1, 0.15) is 48.7 Å². The molecule has 0 atom stereocenters. The number of nitrogens with zero attached hydrogens (tertiary/aromatic N) is 3. The van der Waals surface area contributed by atoms with Crippen LogP contribution in [-0.4, -0.2) is 39.2 Å². The Labute approximate surface area is 114 Å². The lowest BCUT2D eigenvalue weighted by molar-refractivity contribution is 0.0640. The third-order valence-corrected chi connectivity index (χ3v) is 4.25. The number of amides is 1. The molecule has 0 aromatic carbocycles. The Morgan fingerprint density at radius 3 is 2.58 bits per heavy atom. The van der Waals surface area contributed by atoms with Gasteiger partial charge in [-0.1, -0.05) is 0 Å². The Balaban J connectivity index is 2.13. The third-order valence-electron chi connectivity index (χ3n) is 4.25. The highest BCUT2D eigenvalue weighted by atomic mass is 16.2. The van der Waals surface area contributed by atoms with Crippen LogP contribution < -0.4 is 5.73 Å². The first-order valence-electron chi connectivity index (χ1n) is 7.09. The van der Waals surface area contributed by atoms with Crippen LogP contribution in [-0.2, 0) is 7.05 Å². The molecule has 0 saturated heterocycles. The van der Waals surface area contributed by atoms with Gasteiger partial charge in [-0.25, -0.2) is 0 Å². The van der Waals surface area contributed by atoms with Crippen molar-refractivity contribution in [3.63, 3.8) is 0 Å². The molecule has 106 valence electrons. The van der Waals surface area contributed by atoms with E-state index in [-0.39, 0.29) is 5.91 Å². The summed E-state index contributed by atoms with van der Waals surface area (Å²) in [5.74, 6) is 0.105. The molecular weight excluding hydrogens is 240 g/mol. The van der Waals surface area contributed by atoms with E-state index in [9.17, 15) is 4.79 Å². The average molecular weight is 264 g/mol. The fourth-order valence-electron chi connectivity index (χ4n) is 2.84. The van der Waals surface area contributed by atoms with Gasteiger partial charge in [0, 0.05) is 31.4 Å². The van der Waals surface area contributed by atoms with Gasteiger partial charge in [-0.05, 0) is 39.5 Å². The Bertz CT molecular complexity index is 446. The van der Waals surface area contributed by atoms with E-state index in [0.29, 0.717) is 12.1 Å². The number of rotatable bonds is 3. The molecule has 0 radical (unpaired) electrons. The smallest absolute Gasteiger partial charge is 0.257 e. The maximum absolute atomic E-state index is 12.6. The molecule has 0 spiro atoms. The molecule has 1 amide bonds. The molecule has 1 saturated carbocycles. The lowest BCUT2D eigenvalue weighted by atomic mass is 9.90. The number of hydrogen-bond acceptors (Lipinski definition) is 3. The second-order valence-electron chi connectivity index (χ2n) is 5.43. The summed E-state index contributed by atoms with van der Waals surface area (Å²) >= 11 is 0. The van der Waals surface area contributed by atoms with Crippen molar-refractivity contribution in [1.29, 1.82) is 0 Å². The average Bonchev–Trinajstić information content (AvgIpc) is 2.73. The van der Waals surface area contributed by atoms with Gasteiger partial charge in [0.1, 0.15) is 0 Å². The molecule has 0 unspecified atom stereocenters. The minimum Gasteiger partial charge on any atom is -0.336 e. The first kappa shape index (κ1) is 14.1. The summed E-state index contributed by atoms with van der Waals surface area (Å²) in [5.41, 5.74) is 7.58. The van der Waals surface area contributed by atoms with Crippen molar-refractivity contribution >= 4 is 5.91 Å². The Morgan fingerprint density at radius 1 is 1.47 bits per heavy atom. The number of hydrogen-bond donors (Lipinski definition) is 1. The van der Waals surface area contributed by atoms with Crippen LogP contribution in [0.5, 0.6) is 0 Å². The minimum absolute atomic E-state index is 0.105. The number of aromatic nitrogens is 2. The van der Waals surface area contributed by atoms with Gasteiger partial charge in [0.15, 0.2) is 0 Å². The molecule has 1 aliphatic rings. The number of carbonyl (C=O) groups excluding carboxylic acids is 1.